The van der Waals surface area contributed by atoms with E-state index in [9.17, 15) is 0 Å². The van der Waals surface area contributed by atoms with Crippen molar-refractivity contribution in [3.05, 3.63) is 59.7 Å². The molecule has 0 saturated carbocycles. The summed E-state index contributed by atoms with van der Waals surface area (Å²) in [6, 6.07) is 8.86. The van der Waals surface area contributed by atoms with Crippen LogP contribution >= 0.6 is 0 Å². The van der Waals surface area contributed by atoms with Crippen LogP contribution in [0, 0.1) is 0 Å². The Morgan fingerprint density at radius 3 is 2.40 bits per heavy atom. The molecule has 0 aliphatic heterocycles. The van der Waals surface area contributed by atoms with Crippen LogP contribution in [0.5, 0.6) is 0 Å². The maximum absolute atomic E-state index is 2.38. The molecule has 2 atom stereocenters. The first kappa shape index (κ1) is 8.96. The minimum absolute atomic E-state index is 0.229. The zero-order chi connectivity index (χ0) is 10.5. The van der Waals surface area contributed by atoms with Crippen LogP contribution in [0.3, 0.4) is 0 Å². The summed E-state index contributed by atoms with van der Waals surface area (Å²) in [6.07, 6.45) is 10.3. The summed E-state index contributed by atoms with van der Waals surface area (Å²) in [7, 11) is 0. The van der Waals surface area contributed by atoms with Gasteiger partial charge in [0.05, 0.1) is 0 Å². The van der Waals surface area contributed by atoms with E-state index in [4.69, 9.17) is 0 Å². The van der Waals surface area contributed by atoms with Crippen LogP contribution in [0.4, 0.5) is 0 Å². The molecular weight excluding hydrogens is 180 g/mol. The smallest absolute Gasteiger partial charge is 0.0264 e. The second kappa shape index (κ2) is 2.63. The average molecular weight is 196 g/mol. The fourth-order valence-electron chi connectivity index (χ4n) is 3.43. The van der Waals surface area contributed by atoms with E-state index in [1.54, 1.807) is 0 Å². The number of rotatable bonds is 1. The SMILES string of the molecule is CCC12C=CC=CC1(C)c1ccccc12. The van der Waals surface area contributed by atoms with Gasteiger partial charge < -0.3 is 0 Å². The van der Waals surface area contributed by atoms with Gasteiger partial charge in [-0.3, -0.25) is 0 Å². The second-order valence-electron chi connectivity index (χ2n) is 4.79. The van der Waals surface area contributed by atoms with Crippen molar-refractivity contribution in [1.29, 1.82) is 0 Å². The van der Waals surface area contributed by atoms with Gasteiger partial charge >= 0.3 is 0 Å². The highest BCUT2D eigenvalue weighted by atomic mass is 14.6. The Morgan fingerprint density at radius 2 is 1.67 bits per heavy atom. The van der Waals surface area contributed by atoms with Crippen molar-refractivity contribution < 1.29 is 0 Å². The van der Waals surface area contributed by atoms with Gasteiger partial charge in [-0.1, -0.05) is 62.4 Å². The number of hydrogen-bond acceptors (Lipinski definition) is 0. The lowest BCUT2D eigenvalue weighted by Gasteiger charge is -2.57. The molecule has 2 aliphatic carbocycles. The number of benzene rings is 1. The van der Waals surface area contributed by atoms with Crippen LogP contribution in [0.25, 0.3) is 0 Å². The summed E-state index contributed by atoms with van der Waals surface area (Å²) in [5.74, 6) is 0. The predicted octanol–water partition coefficient (Wildman–Crippen LogP) is 3.73. The quantitative estimate of drug-likeness (QED) is 0.642. The molecular formula is C15H16. The Morgan fingerprint density at radius 1 is 1.00 bits per heavy atom. The Labute approximate surface area is 91.3 Å². The first-order chi connectivity index (χ1) is 7.24. The Bertz CT molecular complexity index is 467. The van der Waals surface area contributed by atoms with E-state index in [2.05, 4.69) is 62.4 Å². The third kappa shape index (κ3) is 0.797. The molecule has 1 aromatic carbocycles. The average Bonchev–Trinajstić information content (AvgIpc) is 2.28. The van der Waals surface area contributed by atoms with Crippen molar-refractivity contribution in [2.45, 2.75) is 31.1 Å². The van der Waals surface area contributed by atoms with Crippen LogP contribution < -0.4 is 0 Å². The largest absolute Gasteiger partial charge is 0.0730 e. The third-order valence-corrected chi connectivity index (χ3v) is 4.37. The zero-order valence-corrected chi connectivity index (χ0v) is 9.33. The monoisotopic (exact) mass is 196 g/mol. The molecule has 0 spiro atoms. The zero-order valence-electron chi connectivity index (χ0n) is 9.33. The molecule has 15 heavy (non-hydrogen) atoms. The molecule has 2 unspecified atom stereocenters. The van der Waals surface area contributed by atoms with Gasteiger partial charge in [0.2, 0.25) is 0 Å². The minimum Gasteiger partial charge on any atom is -0.0730 e. The van der Waals surface area contributed by atoms with Crippen molar-refractivity contribution in [2.75, 3.05) is 0 Å². The topological polar surface area (TPSA) is 0 Å². The van der Waals surface area contributed by atoms with Gasteiger partial charge in [0.25, 0.3) is 0 Å². The molecule has 1 aromatic rings. The predicted molar refractivity (Wildman–Crippen MR) is 64.0 cm³/mol. The lowest BCUT2D eigenvalue weighted by Crippen LogP contribution is -2.54. The van der Waals surface area contributed by atoms with Crippen LogP contribution in [0.15, 0.2) is 48.6 Å². The molecule has 0 heteroatoms. The molecule has 0 radical (unpaired) electrons. The third-order valence-electron chi connectivity index (χ3n) is 4.37. The van der Waals surface area contributed by atoms with Gasteiger partial charge in [-0.15, -0.1) is 0 Å². The molecule has 0 nitrogen and oxygen atoms in total. The van der Waals surface area contributed by atoms with E-state index >= 15 is 0 Å². The van der Waals surface area contributed by atoms with E-state index in [-0.39, 0.29) is 10.8 Å². The standard InChI is InChI=1S/C15H16/c1-3-15-11-7-6-10-14(15,2)12-8-4-5-9-13(12)15/h4-11H,3H2,1-2H3. The van der Waals surface area contributed by atoms with E-state index in [1.165, 1.54) is 17.5 Å². The lowest BCUT2D eigenvalue weighted by molar-refractivity contribution is 0.278. The van der Waals surface area contributed by atoms with Gasteiger partial charge in [0.15, 0.2) is 0 Å². The summed E-state index contributed by atoms with van der Waals surface area (Å²) in [5, 5.41) is 0. The molecule has 0 bridgehead atoms. The lowest BCUT2D eigenvalue weighted by atomic mass is 9.45. The fourth-order valence-corrected chi connectivity index (χ4v) is 3.43. The van der Waals surface area contributed by atoms with Gasteiger partial charge in [-0.2, -0.15) is 0 Å². The highest BCUT2D eigenvalue weighted by Gasteiger charge is 2.56. The molecule has 0 amide bonds. The summed E-state index contributed by atoms with van der Waals surface area (Å²) >= 11 is 0. The molecule has 3 rings (SSSR count). The Balaban J connectivity index is 2.30. The number of allylic oxidation sites excluding steroid dienone is 4. The second-order valence-corrected chi connectivity index (χ2v) is 4.79. The normalized spacial score (nSPS) is 35.6. The van der Waals surface area contributed by atoms with Gasteiger partial charge in [0, 0.05) is 10.8 Å². The Hall–Kier alpha value is -1.30. The maximum Gasteiger partial charge on any atom is 0.0264 e. The molecule has 0 aromatic heterocycles. The summed E-state index contributed by atoms with van der Waals surface area (Å²) in [6.45, 7) is 4.65. The van der Waals surface area contributed by atoms with Gasteiger partial charge in [-0.05, 0) is 17.5 Å². The van der Waals surface area contributed by atoms with Crippen LogP contribution in [0.2, 0.25) is 0 Å². The molecule has 0 heterocycles. The fraction of sp³-hybridized carbons (Fsp3) is 0.333. The van der Waals surface area contributed by atoms with E-state index in [0.717, 1.165) is 0 Å². The minimum atomic E-state index is 0.229. The summed E-state index contributed by atoms with van der Waals surface area (Å²) in [5.41, 5.74) is 3.52. The van der Waals surface area contributed by atoms with Crippen molar-refractivity contribution >= 4 is 0 Å². The van der Waals surface area contributed by atoms with Crippen LogP contribution in [0.1, 0.15) is 31.4 Å². The van der Waals surface area contributed by atoms with Crippen molar-refractivity contribution in [3.8, 4) is 0 Å². The molecule has 2 aliphatic rings. The molecule has 0 saturated heterocycles. The first-order valence-corrected chi connectivity index (χ1v) is 5.72. The molecule has 76 valence electrons. The summed E-state index contributed by atoms with van der Waals surface area (Å²) < 4.78 is 0. The number of fused-ring (bicyclic) bond motifs is 4. The van der Waals surface area contributed by atoms with E-state index in [0.29, 0.717) is 0 Å². The van der Waals surface area contributed by atoms with E-state index < -0.39 is 0 Å². The van der Waals surface area contributed by atoms with Crippen LogP contribution in [-0.2, 0) is 10.8 Å². The Kier molecular flexibility index (Phi) is 1.57. The van der Waals surface area contributed by atoms with E-state index in [1.807, 2.05) is 0 Å². The first-order valence-electron chi connectivity index (χ1n) is 5.72. The van der Waals surface area contributed by atoms with Crippen molar-refractivity contribution in [1.82, 2.24) is 0 Å². The van der Waals surface area contributed by atoms with Crippen molar-refractivity contribution in [3.63, 3.8) is 0 Å². The van der Waals surface area contributed by atoms with Crippen molar-refractivity contribution in [2.24, 2.45) is 0 Å². The highest BCUT2D eigenvalue weighted by Crippen LogP contribution is 2.60. The molecule has 0 fully saturated rings. The van der Waals surface area contributed by atoms with Crippen LogP contribution in [-0.4, -0.2) is 0 Å². The van der Waals surface area contributed by atoms with Gasteiger partial charge in [0.1, 0.15) is 0 Å². The van der Waals surface area contributed by atoms with Gasteiger partial charge in [-0.25, -0.2) is 0 Å². The highest BCUT2D eigenvalue weighted by molar-refractivity contribution is 5.62. The molecule has 0 N–H and O–H groups in total. The maximum atomic E-state index is 2.38. The summed E-state index contributed by atoms with van der Waals surface area (Å²) in [4.78, 5) is 0. The number of hydrogen-bond donors (Lipinski definition) is 0.